The summed E-state index contributed by atoms with van der Waals surface area (Å²) in [6.07, 6.45) is 8.32. The first-order valence-corrected chi connectivity index (χ1v) is 20.1. The number of ether oxygens (including phenoxy) is 1. The van der Waals surface area contributed by atoms with E-state index in [0.717, 1.165) is 61.3 Å². The maximum absolute atomic E-state index is 12.7. The molecule has 4 amide bonds. The van der Waals surface area contributed by atoms with Crippen LogP contribution in [0.25, 0.3) is 0 Å². The quantitative estimate of drug-likeness (QED) is 0.166. The van der Waals surface area contributed by atoms with E-state index in [2.05, 4.69) is 124 Å². The number of hydrogen-bond acceptors (Lipinski definition) is 4. The summed E-state index contributed by atoms with van der Waals surface area (Å²) in [7, 11) is 0. The number of amides is 4. The van der Waals surface area contributed by atoms with E-state index in [1.54, 1.807) is 12.1 Å². The van der Waals surface area contributed by atoms with Crippen LogP contribution in [0.2, 0.25) is 0 Å². The lowest BCUT2D eigenvalue weighted by molar-refractivity contribution is 0.139. The van der Waals surface area contributed by atoms with Gasteiger partial charge in [-0.05, 0) is 143 Å². The molecule has 0 saturated heterocycles. The van der Waals surface area contributed by atoms with Gasteiger partial charge in [0, 0.05) is 12.1 Å². The van der Waals surface area contributed by atoms with Crippen LogP contribution in [0.1, 0.15) is 153 Å². The van der Waals surface area contributed by atoms with Crippen LogP contribution in [0.4, 0.5) is 9.59 Å². The highest BCUT2D eigenvalue weighted by atomic mass is 16.5. The highest BCUT2D eigenvalue weighted by Crippen LogP contribution is 2.28. The van der Waals surface area contributed by atoms with Crippen molar-refractivity contribution in [2.75, 3.05) is 0 Å². The number of nitriles is 1. The SMILES string of the molecule is CC(C)c1cccc(C(C)(C)NC(=O)NC2CCC(Oc3ccc(C#N)cc3)CC2)c1.CC1CCC(NC(=O)NC(C)(C)c2cccc(C(C)C)c2)CC1. The molecular formula is C46H65N5O3. The van der Waals surface area contributed by atoms with Crippen molar-refractivity contribution in [2.24, 2.45) is 5.92 Å². The zero-order valence-electron chi connectivity index (χ0n) is 34.2. The standard InChI is InChI=1S/C26H33N3O2.C20H32N2O/c1-18(2)20-6-5-7-21(16-20)26(3,4)29-25(30)28-22-10-14-24(15-11-22)31-23-12-8-19(17-27)9-13-23;1-14(2)16-7-6-8-17(13-16)20(4,5)22-19(23)21-18-11-9-15(3)10-12-18/h5-9,12-13,16,18,22,24H,10-11,14-15H2,1-4H3,(H2,28,29,30);6-8,13-15,18H,9-12H2,1-5H3,(H2,21,22,23). The summed E-state index contributed by atoms with van der Waals surface area (Å²) < 4.78 is 6.04. The molecule has 3 aromatic carbocycles. The molecule has 0 aliphatic heterocycles. The van der Waals surface area contributed by atoms with Crippen LogP contribution < -0.4 is 26.0 Å². The minimum absolute atomic E-state index is 0.0514. The molecule has 2 aliphatic rings. The molecule has 2 aliphatic carbocycles. The third-order valence-electron chi connectivity index (χ3n) is 11.0. The minimum Gasteiger partial charge on any atom is -0.490 e. The monoisotopic (exact) mass is 736 g/mol. The molecule has 0 bridgehead atoms. The molecule has 2 fully saturated rings. The highest BCUT2D eigenvalue weighted by molar-refractivity contribution is 5.76. The maximum atomic E-state index is 12.7. The van der Waals surface area contributed by atoms with Gasteiger partial charge in [-0.2, -0.15) is 5.26 Å². The molecule has 0 aromatic heterocycles. The van der Waals surface area contributed by atoms with Gasteiger partial charge in [0.05, 0.1) is 28.8 Å². The summed E-state index contributed by atoms with van der Waals surface area (Å²) in [5, 5.41) is 21.5. The van der Waals surface area contributed by atoms with Crippen molar-refractivity contribution in [1.29, 1.82) is 5.26 Å². The first-order chi connectivity index (χ1) is 25.5. The smallest absolute Gasteiger partial charge is 0.315 e. The van der Waals surface area contributed by atoms with Crippen molar-refractivity contribution in [3.63, 3.8) is 0 Å². The lowest BCUT2D eigenvalue weighted by Crippen LogP contribution is -2.50. The number of nitrogens with zero attached hydrogens (tertiary/aromatic N) is 1. The summed E-state index contributed by atoms with van der Waals surface area (Å²) in [6.45, 7) is 19.2. The van der Waals surface area contributed by atoms with Crippen molar-refractivity contribution >= 4 is 12.1 Å². The lowest BCUT2D eigenvalue weighted by atomic mass is 9.87. The summed E-state index contributed by atoms with van der Waals surface area (Å²) in [5.74, 6) is 2.53. The van der Waals surface area contributed by atoms with E-state index in [0.29, 0.717) is 23.4 Å². The molecule has 8 heteroatoms. The zero-order valence-corrected chi connectivity index (χ0v) is 34.2. The summed E-state index contributed by atoms with van der Waals surface area (Å²) >= 11 is 0. The Morgan fingerprint density at radius 1 is 0.667 bits per heavy atom. The van der Waals surface area contributed by atoms with E-state index in [9.17, 15) is 9.59 Å². The normalized spacial score (nSPS) is 20.2. The van der Waals surface area contributed by atoms with Gasteiger partial charge >= 0.3 is 12.1 Å². The van der Waals surface area contributed by atoms with Crippen molar-refractivity contribution < 1.29 is 14.3 Å². The van der Waals surface area contributed by atoms with Crippen molar-refractivity contribution in [3.05, 3.63) is 101 Å². The molecule has 3 aromatic rings. The van der Waals surface area contributed by atoms with Crippen LogP contribution in [0.15, 0.2) is 72.8 Å². The van der Waals surface area contributed by atoms with Gasteiger partial charge in [-0.15, -0.1) is 0 Å². The van der Waals surface area contributed by atoms with Gasteiger partial charge in [0.25, 0.3) is 0 Å². The fourth-order valence-electron chi connectivity index (χ4n) is 7.26. The van der Waals surface area contributed by atoms with E-state index in [-0.39, 0.29) is 29.7 Å². The molecule has 0 radical (unpaired) electrons. The summed E-state index contributed by atoms with van der Waals surface area (Å²) in [4.78, 5) is 25.1. The third-order valence-corrected chi connectivity index (χ3v) is 11.0. The first kappa shape index (κ1) is 42.2. The Morgan fingerprint density at radius 3 is 1.50 bits per heavy atom. The highest BCUT2D eigenvalue weighted by Gasteiger charge is 2.28. The lowest BCUT2D eigenvalue weighted by Gasteiger charge is -2.32. The van der Waals surface area contributed by atoms with Crippen molar-refractivity contribution in [3.8, 4) is 11.8 Å². The second kappa shape index (κ2) is 19.2. The molecule has 5 rings (SSSR count). The topological polar surface area (TPSA) is 115 Å². The molecule has 0 heterocycles. The second-order valence-electron chi connectivity index (χ2n) is 17.2. The van der Waals surface area contributed by atoms with E-state index in [1.807, 2.05) is 26.0 Å². The van der Waals surface area contributed by atoms with Gasteiger partial charge in [0.2, 0.25) is 0 Å². The Morgan fingerprint density at radius 2 is 1.09 bits per heavy atom. The number of rotatable bonds is 10. The molecule has 0 unspecified atom stereocenters. The largest absolute Gasteiger partial charge is 0.490 e. The number of nitrogens with one attached hydrogen (secondary N) is 4. The van der Waals surface area contributed by atoms with Crippen LogP contribution in [0.3, 0.4) is 0 Å². The fraction of sp³-hybridized carbons (Fsp3) is 0.543. The van der Waals surface area contributed by atoms with Crippen molar-refractivity contribution in [1.82, 2.24) is 21.3 Å². The predicted octanol–water partition coefficient (Wildman–Crippen LogP) is 10.5. The Bertz CT molecular complexity index is 1690. The van der Waals surface area contributed by atoms with Crippen LogP contribution in [-0.4, -0.2) is 30.2 Å². The molecule has 292 valence electrons. The van der Waals surface area contributed by atoms with E-state index < -0.39 is 5.54 Å². The molecule has 0 atom stereocenters. The molecular weight excluding hydrogens is 671 g/mol. The number of benzene rings is 3. The Balaban J connectivity index is 0.000000252. The Labute approximate surface area is 325 Å². The number of hydrogen-bond donors (Lipinski definition) is 4. The van der Waals surface area contributed by atoms with E-state index >= 15 is 0 Å². The summed E-state index contributed by atoms with van der Waals surface area (Å²) in [5.41, 5.74) is 4.63. The maximum Gasteiger partial charge on any atom is 0.315 e. The van der Waals surface area contributed by atoms with Crippen molar-refractivity contribution in [2.45, 2.75) is 155 Å². The van der Waals surface area contributed by atoms with Crippen LogP contribution >= 0.6 is 0 Å². The van der Waals surface area contributed by atoms with Crippen LogP contribution in [-0.2, 0) is 11.1 Å². The van der Waals surface area contributed by atoms with Gasteiger partial charge in [-0.1, -0.05) is 83.1 Å². The average Bonchev–Trinajstić information content (AvgIpc) is 3.13. The van der Waals surface area contributed by atoms with Gasteiger partial charge < -0.3 is 26.0 Å². The summed E-state index contributed by atoms with van der Waals surface area (Å²) in [6, 6.07) is 26.6. The predicted molar refractivity (Wildman–Crippen MR) is 220 cm³/mol. The molecule has 8 nitrogen and oxygen atoms in total. The second-order valence-corrected chi connectivity index (χ2v) is 17.2. The fourth-order valence-corrected chi connectivity index (χ4v) is 7.26. The number of carbonyl (C=O) groups is 2. The third kappa shape index (κ3) is 12.8. The van der Waals surface area contributed by atoms with Gasteiger partial charge in [0.1, 0.15) is 5.75 Å². The molecule has 0 spiro atoms. The number of carbonyl (C=O) groups excluding carboxylic acids is 2. The van der Waals surface area contributed by atoms with Gasteiger partial charge in [0.15, 0.2) is 0 Å². The van der Waals surface area contributed by atoms with E-state index in [1.165, 1.54) is 24.0 Å². The Kier molecular flexibility index (Phi) is 15.0. The van der Waals surface area contributed by atoms with Crippen LogP contribution in [0, 0.1) is 17.2 Å². The van der Waals surface area contributed by atoms with Gasteiger partial charge in [-0.25, -0.2) is 9.59 Å². The Hall–Kier alpha value is -4.51. The zero-order chi connectivity index (χ0) is 39.5. The number of urea groups is 2. The molecule has 2 saturated carbocycles. The molecule has 4 N–H and O–H groups in total. The van der Waals surface area contributed by atoms with Crippen LogP contribution in [0.5, 0.6) is 5.75 Å². The molecule has 54 heavy (non-hydrogen) atoms. The average molecular weight is 736 g/mol. The minimum atomic E-state index is -0.453. The van der Waals surface area contributed by atoms with Gasteiger partial charge in [-0.3, -0.25) is 0 Å². The first-order valence-electron chi connectivity index (χ1n) is 20.1. The van der Waals surface area contributed by atoms with E-state index in [4.69, 9.17) is 10.00 Å².